The Labute approximate surface area is 69.2 Å². The summed E-state index contributed by atoms with van der Waals surface area (Å²) in [5.41, 5.74) is 0. The van der Waals surface area contributed by atoms with Gasteiger partial charge in [0.15, 0.2) is 0 Å². The summed E-state index contributed by atoms with van der Waals surface area (Å²) in [6, 6.07) is 0. The molecule has 60 valence electrons. The van der Waals surface area contributed by atoms with Crippen molar-refractivity contribution in [2.24, 2.45) is 0 Å². The zero-order chi connectivity index (χ0) is 7.98. The van der Waals surface area contributed by atoms with Crippen molar-refractivity contribution >= 4 is 27.6 Å². The molecule has 4 heteroatoms. The second kappa shape index (κ2) is 5.92. The summed E-state index contributed by atoms with van der Waals surface area (Å²) < 4.78 is 0. The molecule has 0 saturated carbocycles. The molecule has 0 aromatic rings. The average Bonchev–Trinajstić information content (AvgIpc) is 1.87. The van der Waals surface area contributed by atoms with Crippen LogP contribution in [-0.4, -0.2) is 17.5 Å². The van der Waals surface area contributed by atoms with Crippen molar-refractivity contribution in [1.82, 2.24) is 0 Å². The Morgan fingerprint density at radius 3 is 2.60 bits per heavy atom. The van der Waals surface area contributed by atoms with Gasteiger partial charge in [0.1, 0.15) is 0 Å². The van der Waals surface area contributed by atoms with Crippen molar-refractivity contribution in [2.75, 3.05) is 6.26 Å². The molecule has 0 aliphatic carbocycles. The van der Waals surface area contributed by atoms with Crippen LogP contribution in [0.2, 0.25) is 0 Å². The highest BCUT2D eigenvalue weighted by molar-refractivity contribution is 8.76. The van der Waals surface area contributed by atoms with E-state index in [1.54, 1.807) is 0 Å². The number of carbonyl (C=O) groups is 1. The first-order valence-electron chi connectivity index (χ1n) is 3.12. The maximum atomic E-state index is 10.3. The fraction of sp³-hybridized carbons (Fsp3) is 0.833. The van der Waals surface area contributed by atoms with Gasteiger partial charge in [0.2, 0.25) is 0 Å². The van der Waals surface area contributed by atoms with Crippen LogP contribution in [0.3, 0.4) is 0 Å². The highest BCUT2D eigenvalue weighted by atomic mass is 33.1. The third-order valence-corrected chi connectivity index (χ3v) is 3.15. The lowest BCUT2D eigenvalue weighted by Gasteiger charge is -2.13. The van der Waals surface area contributed by atoms with E-state index in [-0.39, 0.29) is 5.25 Å². The maximum Gasteiger partial charge on any atom is 0.0553 e. The Hall–Kier alpha value is 0.170. The molecule has 10 heavy (non-hydrogen) atoms. The topological polar surface area (TPSA) is 40.1 Å². The number of carbonyl (C=O) groups excluding carboxylic acids is 1. The van der Waals surface area contributed by atoms with Crippen molar-refractivity contribution in [2.45, 2.75) is 25.0 Å². The van der Waals surface area contributed by atoms with Gasteiger partial charge in [0.05, 0.1) is 11.2 Å². The van der Waals surface area contributed by atoms with Gasteiger partial charge < -0.3 is 9.90 Å². The molecule has 0 spiro atoms. The van der Waals surface area contributed by atoms with E-state index < -0.39 is 5.97 Å². The lowest BCUT2D eigenvalue weighted by Crippen LogP contribution is -2.32. The first kappa shape index (κ1) is 10.2. The van der Waals surface area contributed by atoms with Gasteiger partial charge in [-0.2, -0.15) is 0 Å². The highest BCUT2D eigenvalue weighted by Crippen LogP contribution is 2.26. The predicted molar refractivity (Wildman–Crippen MR) is 44.8 cm³/mol. The van der Waals surface area contributed by atoms with Gasteiger partial charge in [0, 0.05) is 0 Å². The largest absolute Gasteiger partial charge is 0.549 e. The standard InChI is InChI=1S/C6H12O2S2/c1-3-4-5(6(7)8)10-9-2/h5H,3-4H2,1-2H3,(H,7,8)/p-1. The summed E-state index contributed by atoms with van der Waals surface area (Å²) in [6.45, 7) is 1.97. The molecule has 1 atom stereocenters. The summed E-state index contributed by atoms with van der Waals surface area (Å²) in [5.74, 6) is -0.943. The van der Waals surface area contributed by atoms with Crippen LogP contribution in [0.5, 0.6) is 0 Å². The molecule has 0 aromatic heterocycles. The van der Waals surface area contributed by atoms with Gasteiger partial charge in [-0.25, -0.2) is 0 Å². The van der Waals surface area contributed by atoms with Crippen LogP contribution in [0.1, 0.15) is 19.8 Å². The number of carboxylic acid groups (broad SMARTS) is 1. The van der Waals surface area contributed by atoms with Gasteiger partial charge in [0.25, 0.3) is 0 Å². The van der Waals surface area contributed by atoms with E-state index in [0.717, 1.165) is 6.42 Å². The fourth-order valence-corrected chi connectivity index (χ4v) is 2.45. The lowest BCUT2D eigenvalue weighted by atomic mass is 10.2. The van der Waals surface area contributed by atoms with E-state index in [1.165, 1.54) is 21.6 Å². The average molecular weight is 179 g/mol. The lowest BCUT2D eigenvalue weighted by molar-refractivity contribution is -0.304. The third kappa shape index (κ3) is 4.06. The van der Waals surface area contributed by atoms with Crippen molar-refractivity contribution in [1.29, 1.82) is 0 Å². The van der Waals surface area contributed by atoms with E-state index in [9.17, 15) is 9.90 Å². The van der Waals surface area contributed by atoms with Crippen LogP contribution in [0.15, 0.2) is 0 Å². The minimum absolute atomic E-state index is 0.333. The number of rotatable bonds is 5. The Morgan fingerprint density at radius 1 is 1.70 bits per heavy atom. The maximum absolute atomic E-state index is 10.3. The molecular weight excluding hydrogens is 168 g/mol. The molecule has 0 radical (unpaired) electrons. The van der Waals surface area contributed by atoms with Crippen LogP contribution in [0.4, 0.5) is 0 Å². The molecule has 0 saturated heterocycles. The number of carboxylic acids is 1. The Morgan fingerprint density at radius 2 is 2.30 bits per heavy atom. The zero-order valence-electron chi connectivity index (χ0n) is 6.12. The Kier molecular flexibility index (Phi) is 6.02. The van der Waals surface area contributed by atoms with Gasteiger partial charge >= 0.3 is 0 Å². The first-order chi connectivity index (χ1) is 4.72. The molecule has 0 fully saturated rings. The van der Waals surface area contributed by atoms with Gasteiger partial charge in [-0.05, 0) is 12.7 Å². The zero-order valence-corrected chi connectivity index (χ0v) is 7.76. The molecule has 0 N–H and O–H groups in total. The highest BCUT2D eigenvalue weighted by Gasteiger charge is 2.07. The van der Waals surface area contributed by atoms with Crippen LogP contribution in [0.25, 0.3) is 0 Å². The smallest absolute Gasteiger partial charge is 0.0553 e. The first-order valence-corrected chi connectivity index (χ1v) is 5.74. The monoisotopic (exact) mass is 179 g/mol. The normalized spacial score (nSPS) is 13.0. The summed E-state index contributed by atoms with van der Waals surface area (Å²) >= 11 is 0. The van der Waals surface area contributed by atoms with Crippen LogP contribution >= 0.6 is 21.6 Å². The van der Waals surface area contributed by atoms with Gasteiger partial charge in [-0.1, -0.05) is 34.9 Å². The minimum Gasteiger partial charge on any atom is -0.549 e. The van der Waals surface area contributed by atoms with Crippen molar-refractivity contribution in [3.63, 3.8) is 0 Å². The molecular formula is C6H11O2S2-. The molecule has 2 nitrogen and oxygen atoms in total. The van der Waals surface area contributed by atoms with Gasteiger partial charge in [-0.3, -0.25) is 0 Å². The fourth-order valence-electron chi connectivity index (χ4n) is 0.584. The molecule has 0 aromatic carbocycles. The second-order valence-electron chi connectivity index (χ2n) is 1.86. The number of hydrogen-bond donors (Lipinski definition) is 0. The number of aliphatic carboxylic acids is 1. The van der Waals surface area contributed by atoms with Crippen molar-refractivity contribution in [3.05, 3.63) is 0 Å². The van der Waals surface area contributed by atoms with Crippen LogP contribution < -0.4 is 5.11 Å². The summed E-state index contributed by atoms with van der Waals surface area (Å²) in [6.07, 6.45) is 3.47. The quantitative estimate of drug-likeness (QED) is 0.588. The second-order valence-corrected chi connectivity index (χ2v) is 4.53. The molecule has 0 bridgehead atoms. The Bertz CT molecular complexity index is 99.9. The minimum atomic E-state index is -0.943. The SMILES string of the molecule is CCCC(SSC)C(=O)[O-]. The molecule has 0 heterocycles. The molecule has 0 amide bonds. The number of hydrogen-bond acceptors (Lipinski definition) is 4. The van der Waals surface area contributed by atoms with Gasteiger partial charge in [-0.15, -0.1) is 0 Å². The van der Waals surface area contributed by atoms with Crippen molar-refractivity contribution < 1.29 is 9.90 Å². The van der Waals surface area contributed by atoms with E-state index in [0.29, 0.717) is 6.42 Å². The predicted octanol–water partition coefficient (Wildman–Crippen LogP) is 0.916. The van der Waals surface area contributed by atoms with Crippen molar-refractivity contribution in [3.8, 4) is 0 Å². The summed E-state index contributed by atoms with van der Waals surface area (Å²) in [4.78, 5) is 10.3. The van der Waals surface area contributed by atoms with Crippen LogP contribution in [0, 0.1) is 0 Å². The third-order valence-electron chi connectivity index (χ3n) is 1.03. The molecule has 0 aliphatic rings. The summed E-state index contributed by atoms with van der Waals surface area (Å²) in [5, 5.41) is 10.0. The van der Waals surface area contributed by atoms with E-state index in [1.807, 2.05) is 13.2 Å². The van der Waals surface area contributed by atoms with E-state index in [2.05, 4.69) is 0 Å². The molecule has 0 rings (SSSR count). The van der Waals surface area contributed by atoms with E-state index >= 15 is 0 Å². The van der Waals surface area contributed by atoms with Crippen LogP contribution in [-0.2, 0) is 4.79 Å². The molecule has 1 unspecified atom stereocenters. The Balaban J connectivity index is 3.61. The summed E-state index contributed by atoms with van der Waals surface area (Å²) in [7, 11) is 2.84. The van der Waals surface area contributed by atoms with E-state index in [4.69, 9.17) is 0 Å². The molecule has 0 aliphatic heterocycles.